The molecule has 1 fully saturated rings. The number of nitrogens with one attached hydrogen (secondary N) is 1. The molecule has 1 saturated heterocycles. The van der Waals surface area contributed by atoms with Crippen molar-refractivity contribution in [1.29, 1.82) is 0 Å². The zero-order valence-corrected chi connectivity index (χ0v) is 20.5. The van der Waals surface area contributed by atoms with E-state index in [-0.39, 0.29) is 24.3 Å². The molecule has 1 aromatic carbocycles. The fraction of sp³-hybridized carbons (Fsp3) is 0.250. The van der Waals surface area contributed by atoms with Crippen molar-refractivity contribution in [3.05, 3.63) is 68.5 Å². The standard InChI is InChI=1S/C24H22N4O4S2/c1-13(2)28-23(30)19(34-24(28)33)10-16-20(26-21-14(3)5-4-8-27(21)22(16)29)25-11-15-6-7-17-18(9-15)32-12-31-17/h4-10,13,25H,11-12H2,1-3H3. The lowest BCUT2D eigenvalue weighted by Gasteiger charge is -2.18. The topological polar surface area (TPSA) is 85.2 Å². The van der Waals surface area contributed by atoms with Crippen LogP contribution in [0.5, 0.6) is 11.5 Å². The van der Waals surface area contributed by atoms with Gasteiger partial charge in [0.1, 0.15) is 15.8 Å². The Morgan fingerprint density at radius 1 is 1.24 bits per heavy atom. The van der Waals surface area contributed by atoms with E-state index in [4.69, 9.17) is 26.7 Å². The van der Waals surface area contributed by atoms with Gasteiger partial charge in [-0.25, -0.2) is 4.98 Å². The zero-order chi connectivity index (χ0) is 24.0. The molecule has 10 heteroatoms. The van der Waals surface area contributed by atoms with Gasteiger partial charge in [0.25, 0.3) is 11.5 Å². The number of carbonyl (C=O) groups is 1. The maximum absolute atomic E-state index is 13.5. The second-order valence-electron chi connectivity index (χ2n) is 8.25. The van der Waals surface area contributed by atoms with Crippen LogP contribution in [0.15, 0.2) is 46.2 Å². The second kappa shape index (κ2) is 8.77. The smallest absolute Gasteiger partial charge is 0.267 e. The third kappa shape index (κ3) is 3.92. The monoisotopic (exact) mass is 494 g/mol. The van der Waals surface area contributed by atoms with Crippen LogP contribution >= 0.6 is 24.0 Å². The van der Waals surface area contributed by atoms with Crippen LogP contribution in [0.2, 0.25) is 0 Å². The molecule has 2 aromatic heterocycles. The van der Waals surface area contributed by atoms with Crippen molar-refractivity contribution in [3.63, 3.8) is 0 Å². The maximum atomic E-state index is 13.5. The Morgan fingerprint density at radius 3 is 2.79 bits per heavy atom. The number of aromatic nitrogens is 2. The highest BCUT2D eigenvalue weighted by Crippen LogP contribution is 2.35. The highest BCUT2D eigenvalue weighted by atomic mass is 32.2. The molecule has 34 heavy (non-hydrogen) atoms. The van der Waals surface area contributed by atoms with Crippen molar-refractivity contribution in [1.82, 2.24) is 14.3 Å². The van der Waals surface area contributed by atoms with Crippen LogP contribution in [0.25, 0.3) is 11.7 Å². The molecule has 174 valence electrons. The first kappa shape index (κ1) is 22.4. The fourth-order valence-electron chi connectivity index (χ4n) is 3.87. The van der Waals surface area contributed by atoms with Gasteiger partial charge in [-0.1, -0.05) is 36.1 Å². The lowest BCUT2D eigenvalue weighted by molar-refractivity contribution is -0.123. The summed E-state index contributed by atoms with van der Waals surface area (Å²) < 4.78 is 12.8. The highest BCUT2D eigenvalue weighted by molar-refractivity contribution is 8.26. The summed E-state index contributed by atoms with van der Waals surface area (Å²) in [6, 6.07) is 9.30. The molecule has 0 unspecified atom stereocenters. The van der Waals surface area contributed by atoms with E-state index in [0.717, 1.165) is 11.1 Å². The van der Waals surface area contributed by atoms with E-state index in [1.807, 2.05) is 45.0 Å². The van der Waals surface area contributed by atoms with Crippen molar-refractivity contribution in [3.8, 4) is 11.5 Å². The predicted octanol–water partition coefficient (Wildman–Crippen LogP) is 3.95. The van der Waals surface area contributed by atoms with Gasteiger partial charge in [0.05, 0.1) is 10.5 Å². The summed E-state index contributed by atoms with van der Waals surface area (Å²) in [6.07, 6.45) is 3.27. The number of hydrogen-bond acceptors (Lipinski definition) is 8. The zero-order valence-electron chi connectivity index (χ0n) is 18.8. The van der Waals surface area contributed by atoms with Crippen molar-refractivity contribution in [2.75, 3.05) is 12.1 Å². The Bertz CT molecular complexity index is 1430. The molecule has 0 radical (unpaired) electrons. The highest BCUT2D eigenvalue weighted by Gasteiger charge is 2.34. The van der Waals surface area contributed by atoms with E-state index in [1.165, 1.54) is 16.2 Å². The number of pyridine rings is 1. The molecule has 0 aliphatic carbocycles. The summed E-state index contributed by atoms with van der Waals surface area (Å²) in [5, 5.41) is 3.28. The number of nitrogens with zero attached hydrogens (tertiary/aromatic N) is 3. The molecule has 0 spiro atoms. The van der Waals surface area contributed by atoms with Gasteiger partial charge in [-0.3, -0.25) is 18.9 Å². The number of anilines is 1. The first-order chi connectivity index (χ1) is 16.3. The van der Waals surface area contributed by atoms with Gasteiger partial charge >= 0.3 is 0 Å². The van der Waals surface area contributed by atoms with Crippen molar-refractivity contribution < 1.29 is 14.3 Å². The number of benzene rings is 1. The van der Waals surface area contributed by atoms with Crippen molar-refractivity contribution >= 4 is 51.7 Å². The Labute approximate surface area is 205 Å². The SMILES string of the molecule is Cc1cccn2c(=O)c(C=C3SC(=S)N(C(C)C)C3=O)c(NCc3ccc4c(c3)OCO4)nc12. The summed E-state index contributed by atoms with van der Waals surface area (Å²) in [4.78, 5) is 33.2. The molecule has 0 saturated carbocycles. The van der Waals surface area contributed by atoms with Gasteiger partial charge in [-0.05, 0) is 56.2 Å². The minimum Gasteiger partial charge on any atom is -0.454 e. The first-order valence-electron chi connectivity index (χ1n) is 10.7. The van der Waals surface area contributed by atoms with E-state index in [1.54, 1.807) is 23.2 Å². The third-order valence-corrected chi connectivity index (χ3v) is 6.93. The van der Waals surface area contributed by atoms with Gasteiger partial charge in [0.2, 0.25) is 6.79 Å². The Balaban J connectivity index is 1.57. The number of amides is 1. The molecule has 3 aromatic rings. The normalized spacial score (nSPS) is 16.4. The summed E-state index contributed by atoms with van der Waals surface area (Å²) in [7, 11) is 0. The molecule has 8 nitrogen and oxygen atoms in total. The van der Waals surface area contributed by atoms with Crippen LogP contribution in [-0.2, 0) is 11.3 Å². The number of carbonyl (C=O) groups excluding carboxylic acids is 1. The van der Waals surface area contributed by atoms with Gasteiger partial charge in [-0.15, -0.1) is 0 Å². The molecule has 4 heterocycles. The molecule has 0 bridgehead atoms. The summed E-state index contributed by atoms with van der Waals surface area (Å²) in [6.45, 7) is 6.31. The maximum Gasteiger partial charge on any atom is 0.267 e. The number of fused-ring (bicyclic) bond motifs is 2. The molecule has 2 aliphatic rings. The minimum absolute atomic E-state index is 0.0690. The van der Waals surface area contributed by atoms with Crippen LogP contribution in [0.1, 0.15) is 30.5 Å². The van der Waals surface area contributed by atoms with E-state index < -0.39 is 0 Å². The first-order valence-corrected chi connectivity index (χ1v) is 12.0. The summed E-state index contributed by atoms with van der Waals surface area (Å²) in [5.74, 6) is 1.57. The van der Waals surface area contributed by atoms with E-state index >= 15 is 0 Å². The van der Waals surface area contributed by atoms with Crippen LogP contribution in [0, 0.1) is 6.92 Å². The molecular formula is C24H22N4O4S2. The Morgan fingerprint density at radius 2 is 2.03 bits per heavy atom. The average molecular weight is 495 g/mol. The number of thioether (sulfide) groups is 1. The number of rotatable bonds is 5. The van der Waals surface area contributed by atoms with Crippen molar-refractivity contribution in [2.45, 2.75) is 33.4 Å². The van der Waals surface area contributed by atoms with E-state index in [9.17, 15) is 9.59 Å². The number of aryl methyl sites for hydroxylation is 1. The minimum atomic E-state index is -0.267. The van der Waals surface area contributed by atoms with E-state index in [2.05, 4.69) is 5.32 Å². The van der Waals surface area contributed by atoms with Crippen LogP contribution < -0.4 is 20.3 Å². The fourth-order valence-corrected chi connectivity index (χ4v) is 5.38. The van der Waals surface area contributed by atoms with Crippen LogP contribution in [0.3, 0.4) is 0 Å². The lowest BCUT2D eigenvalue weighted by atomic mass is 10.2. The van der Waals surface area contributed by atoms with Crippen LogP contribution in [-0.4, -0.2) is 37.3 Å². The predicted molar refractivity (Wildman–Crippen MR) is 136 cm³/mol. The molecule has 5 rings (SSSR count). The molecule has 2 aliphatic heterocycles. The second-order valence-corrected chi connectivity index (χ2v) is 9.93. The number of thiocarbonyl (C=S) groups is 1. The average Bonchev–Trinajstić information content (AvgIpc) is 3.38. The number of hydrogen-bond donors (Lipinski definition) is 1. The van der Waals surface area contributed by atoms with Gasteiger partial charge < -0.3 is 14.8 Å². The van der Waals surface area contributed by atoms with Crippen LogP contribution in [0.4, 0.5) is 5.82 Å². The van der Waals surface area contributed by atoms with Gasteiger partial charge in [0, 0.05) is 18.8 Å². The lowest BCUT2D eigenvalue weighted by Crippen LogP contribution is -2.34. The molecular weight excluding hydrogens is 472 g/mol. The number of ether oxygens (including phenoxy) is 2. The Hall–Kier alpha value is -3.37. The largest absolute Gasteiger partial charge is 0.454 e. The summed E-state index contributed by atoms with van der Waals surface area (Å²) >= 11 is 6.59. The van der Waals surface area contributed by atoms with E-state index in [0.29, 0.717) is 44.3 Å². The molecule has 1 amide bonds. The van der Waals surface area contributed by atoms with Gasteiger partial charge in [-0.2, -0.15) is 0 Å². The summed E-state index contributed by atoms with van der Waals surface area (Å²) in [5.41, 5.74) is 2.38. The molecule has 1 N–H and O–H groups in total. The van der Waals surface area contributed by atoms with Gasteiger partial charge in [0.15, 0.2) is 11.5 Å². The Kier molecular flexibility index (Phi) is 5.78. The van der Waals surface area contributed by atoms with Crippen molar-refractivity contribution in [2.24, 2.45) is 0 Å². The third-order valence-electron chi connectivity index (χ3n) is 5.60. The quantitative estimate of drug-likeness (QED) is 0.422. The molecule has 0 atom stereocenters.